The molecule has 0 unspecified atom stereocenters. The third kappa shape index (κ3) is 1.70. The Morgan fingerprint density at radius 2 is 2.20 bits per heavy atom. The second-order valence-electron chi connectivity index (χ2n) is 1.64. The van der Waals surface area contributed by atoms with E-state index < -0.39 is 0 Å². The number of hydrogen-bond acceptors (Lipinski definition) is 2. The van der Waals surface area contributed by atoms with Gasteiger partial charge in [-0.25, -0.2) is 4.98 Å². The van der Waals surface area contributed by atoms with Crippen LogP contribution >= 0.6 is 31.9 Å². The first-order chi connectivity index (χ1) is 4.74. The van der Waals surface area contributed by atoms with Crippen molar-refractivity contribution >= 4 is 31.9 Å². The maximum absolute atomic E-state index is 4.97. The Bertz CT molecular complexity index is 239. The largest absolute Gasteiger partial charge is 0.494 e. The molecule has 0 saturated carbocycles. The zero-order valence-electron chi connectivity index (χ0n) is 5.27. The minimum atomic E-state index is 0.739. The lowest BCUT2D eigenvalue weighted by atomic mass is 10.5. The molecule has 0 bridgehead atoms. The Hall–Kier alpha value is -0.0900. The second-order valence-corrected chi connectivity index (χ2v) is 3.31. The molecular formula is C6H5Br2NO. The fourth-order valence-electron chi connectivity index (χ4n) is 0.545. The standard InChI is InChI=1S/C6H5Br2NO/c1-10-5-3-9-6(8)2-4(5)7/h2-3H,1H3. The summed E-state index contributed by atoms with van der Waals surface area (Å²) in [4.78, 5) is 3.97. The van der Waals surface area contributed by atoms with Crippen molar-refractivity contribution in [1.29, 1.82) is 0 Å². The zero-order valence-corrected chi connectivity index (χ0v) is 8.44. The van der Waals surface area contributed by atoms with Crippen LogP contribution in [0.1, 0.15) is 0 Å². The van der Waals surface area contributed by atoms with Gasteiger partial charge in [0.15, 0.2) is 5.75 Å². The van der Waals surface area contributed by atoms with E-state index in [1.807, 2.05) is 6.07 Å². The quantitative estimate of drug-likeness (QED) is 0.729. The number of ether oxygens (including phenoxy) is 1. The van der Waals surface area contributed by atoms with Gasteiger partial charge in [0.05, 0.1) is 17.8 Å². The fourth-order valence-corrected chi connectivity index (χ4v) is 1.66. The van der Waals surface area contributed by atoms with Gasteiger partial charge in [-0.15, -0.1) is 0 Å². The predicted octanol–water partition coefficient (Wildman–Crippen LogP) is 2.62. The molecule has 1 rings (SSSR count). The lowest BCUT2D eigenvalue weighted by Gasteiger charge is -2.00. The van der Waals surface area contributed by atoms with E-state index >= 15 is 0 Å². The minimum absolute atomic E-state index is 0.739. The molecule has 0 N–H and O–H groups in total. The fraction of sp³-hybridized carbons (Fsp3) is 0.167. The average Bonchev–Trinajstić information content (AvgIpc) is 1.88. The zero-order chi connectivity index (χ0) is 7.56. The Morgan fingerprint density at radius 3 is 2.70 bits per heavy atom. The van der Waals surface area contributed by atoms with Crippen molar-refractivity contribution in [2.24, 2.45) is 0 Å². The lowest BCUT2D eigenvalue weighted by molar-refractivity contribution is 0.410. The molecule has 0 fully saturated rings. The van der Waals surface area contributed by atoms with Gasteiger partial charge in [-0.05, 0) is 37.9 Å². The van der Waals surface area contributed by atoms with Crippen molar-refractivity contribution in [3.05, 3.63) is 21.3 Å². The Morgan fingerprint density at radius 1 is 1.50 bits per heavy atom. The number of halogens is 2. The summed E-state index contributed by atoms with van der Waals surface area (Å²) < 4.78 is 6.66. The van der Waals surface area contributed by atoms with Gasteiger partial charge in [0, 0.05) is 0 Å². The molecule has 0 spiro atoms. The summed E-state index contributed by atoms with van der Waals surface area (Å²) in [6, 6.07) is 1.83. The van der Waals surface area contributed by atoms with Crippen LogP contribution in [0.15, 0.2) is 21.3 Å². The Balaban J connectivity index is 3.07. The Kier molecular flexibility index (Phi) is 2.68. The molecule has 0 atom stereocenters. The van der Waals surface area contributed by atoms with Crippen LogP contribution in [0, 0.1) is 0 Å². The van der Waals surface area contributed by atoms with E-state index in [0.717, 1.165) is 14.8 Å². The molecule has 0 aliphatic carbocycles. The van der Waals surface area contributed by atoms with Crippen LogP contribution in [0.3, 0.4) is 0 Å². The highest BCUT2D eigenvalue weighted by Crippen LogP contribution is 2.25. The average molecular weight is 267 g/mol. The summed E-state index contributed by atoms with van der Waals surface area (Å²) in [5.41, 5.74) is 0. The van der Waals surface area contributed by atoms with E-state index in [2.05, 4.69) is 36.8 Å². The SMILES string of the molecule is COc1cnc(Br)cc1Br. The van der Waals surface area contributed by atoms with Crippen LogP contribution in [0.2, 0.25) is 0 Å². The number of methoxy groups -OCH3 is 1. The summed E-state index contributed by atoms with van der Waals surface area (Å²) in [6.45, 7) is 0. The molecule has 0 amide bonds. The van der Waals surface area contributed by atoms with E-state index in [1.54, 1.807) is 13.3 Å². The summed E-state index contributed by atoms with van der Waals surface area (Å²) in [5.74, 6) is 0.739. The summed E-state index contributed by atoms with van der Waals surface area (Å²) in [7, 11) is 1.61. The van der Waals surface area contributed by atoms with Gasteiger partial charge < -0.3 is 4.74 Å². The van der Waals surface area contributed by atoms with Crippen LogP contribution in [0.5, 0.6) is 5.75 Å². The molecule has 4 heteroatoms. The van der Waals surface area contributed by atoms with E-state index in [9.17, 15) is 0 Å². The van der Waals surface area contributed by atoms with E-state index in [4.69, 9.17) is 4.74 Å². The number of hydrogen-bond donors (Lipinski definition) is 0. The summed E-state index contributed by atoms with van der Waals surface area (Å²) >= 11 is 6.54. The topological polar surface area (TPSA) is 22.1 Å². The van der Waals surface area contributed by atoms with E-state index in [0.29, 0.717) is 0 Å². The highest BCUT2D eigenvalue weighted by molar-refractivity contribution is 9.11. The van der Waals surface area contributed by atoms with Crippen LogP contribution in [0.4, 0.5) is 0 Å². The first kappa shape index (κ1) is 8.01. The van der Waals surface area contributed by atoms with Gasteiger partial charge in [0.1, 0.15) is 4.60 Å². The van der Waals surface area contributed by atoms with Crippen molar-refractivity contribution in [2.75, 3.05) is 7.11 Å². The number of nitrogens with zero attached hydrogens (tertiary/aromatic N) is 1. The van der Waals surface area contributed by atoms with Gasteiger partial charge in [0.25, 0.3) is 0 Å². The first-order valence-corrected chi connectivity index (χ1v) is 4.17. The monoisotopic (exact) mass is 265 g/mol. The third-order valence-corrected chi connectivity index (χ3v) is 2.06. The Labute approximate surface area is 75.9 Å². The summed E-state index contributed by atoms with van der Waals surface area (Å²) in [5, 5.41) is 0. The van der Waals surface area contributed by atoms with Crippen LogP contribution in [0.25, 0.3) is 0 Å². The van der Waals surface area contributed by atoms with Crippen molar-refractivity contribution in [1.82, 2.24) is 4.98 Å². The molecule has 0 radical (unpaired) electrons. The third-order valence-electron chi connectivity index (χ3n) is 1.01. The highest BCUT2D eigenvalue weighted by atomic mass is 79.9. The predicted molar refractivity (Wildman–Crippen MR) is 46.2 cm³/mol. The van der Waals surface area contributed by atoms with Gasteiger partial charge in [-0.3, -0.25) is 0 Å². The maximum Gasteiger partial charge on any atom is 0.151 e. The lowest BCUT2D eigenvalue weighted by Crippen LogP contribution is -1.85. The first-order valence-electron chi connectivity index (χ1n) is 2.59. The molecule has 1 aromatic heterocycles. The molecular weight excluding hydrogens is 262 g/mol. The van der Waals surface area contributed by atoms with Crippen molar-refractivity contribution in [3.63, 3.8) is 0 Å². The normalized spacial score (nSPS) is 9.50. The molecule has 1 aromatic rings. The van der Waals surface area contributed by atoms with Gasteiger partial charge in [-0.2, -0.15) is 0 Å². The number of rotatable bonds is 1. The molecule has 0 aromatic carbocycles. The van der Waals surface area contributed by atoms with Gasteiger partial charge in [-0.1, -0.05) is 0 Å². The molecule has 1 heterocycles. The van der Waals surface area contributed by atoms with E-state index in [1.165, 1.54) is 0 Å². The van der Waals surface area contributed by atoms with E-state index in [-0.39, 0.29) is 0 Å². The molecule has 0 saturated heterocycles. The molecule has 10 heavy (non-hydrogen) atoms. The van der Waals surface area contributed by atoms with Crippen molar-refractivity contribution in [3.8, 4) is 5.75 Å². The van der Waals surface area contributed by atoms with Crippen LogP contribution in [-0.2, 0) is 0 Å². The smallest absolute Gasteiger partial charge is 0.151 e. The number of pyridine rings is 1. The molecule has 0 aliphatic rings. The minimum Gasteiger partial charge on any atom is -0.494 e. The van der Waals surface area contributed by atoms with Crippen LogP contribution < -0.4 is 4.74 Å². The van der Waals surface area contributed by atoms with Crippen LogP contribution in [-0.4, -0.2) is 12.1 Å². The molecule has 2 nitrogen and oxygen atoms in total. The van der Waals surface area contributed by atoms with Crippen molar-refractivity contribution in [2.45, 2.75) is 0 Å². The summed E-state index contributed by atoms with van der Waals surface area (Å²) in [6.07, 6.45) is 1.65. The van der Waals surface area contributed by atoms with Gasteiger partial charge in [0.2, 0.25) is 0 Å². The van der Waals surface area contributed by atoms with Gasteiger partial charge >= 0.3 is 0 Å². The molecule has 0 aliphatic heterocycles. The second kappa shape index (κ2) is 3.34. The highest BCUT2D eigenvalue weighted by Gasteiger charge is 1.98. The van der Waals surface area contributed by atoms with Crippen molar-refractivity contribution < 1.29 is 4.74 Å². The maximum atomic E-state index is 4.97. The molecule has 54 valence electrons. The number of aromatic nitrogens is 1.